The number of rotatable bonds is 7. The molecule has 0 saturated heterocycles. The molecule has 35 heavy (non-hydrogen) atoms. The molecule has 0 aliphatic heterocycles. The van der Waals surface area contributed by atoms with Gasteiger partial charge >= 0.3 is 12.4 Å². The first kappa shape index (κ1) is 28.8. The van der Waals surface area contributed by atoms with E-state index in [1.807, 2.05) is 0 Å². The van der Waals surface area contributed by atoms with Crippen LogP contribution in [0.4, 0.5) is 26.3 Å². The van der Waals surface area contributed by atoms with E-state index in [0.717, 1.165) is 24.3 Å². The lowest BCUT2D eigenvalue weighted by Crippen LogP contribution is -2.36. The second-order valence-corrected chi connectivity index (χ2v) is 8.63. The molecule has 0 spiro atoms. The van der Waals surface area contributed by atoms with E-state index < -0.39 is 42.5 Å². The number of nitrogens with one attached hydrogen (secondary N) is 1. The average Bonchev–Trinajstić information content (AvgIpc) is 2.73. The van der Waals surface area contributed by atoms with Crippen molar-refractivity contribution in [2.75, 3.05) is 6.54 Å². The summed E-state index contributed by atoms with van der Waals surface area (Å²) in [6.07, 6.45) is -7.54. The van der Waals surface area contributed by atoms with Gasteiger partial charge in [-0.1, -0.05) is 59.1 Å². The summed E-state index contributed by atoms with van der Waals surface area (Å²) in [6, 6.07) is 5.68. The van der Waals surface area contributed by atoms with E-state index in [1.165, 1.54) is 25.1 Å². The molecule has 3 N–H and O–H groups in total. The highest BCUT2D eigenvalue weighted by Crippen LogP contribution is 2.41. The van der Waals surface area contributed by atoms with E-state index in [0.29, 0.717) is 0 Å². The molecule has 2 atom stereocenters. The Morgan fingerprint density at radius 3 is 2.09 bits per heavy atom. The summed E-state index contributed by atoms with van der Waals surface area (Å²) >= 11 is 17.5. The Hall–Kier alpha value is -2.43. The van der Waals surface area contributed by atoms with E-state index in [-0.39, 0.29) is 37.3 Å². The molecule has 2 amide bonds. The van der Waals surface area contributed by atoms with Gasteiger partial charge in [0.05, 0.1) is 26.9 Å². The minimum absolute atomic E-state index is 0.0551. The van der Waals surface area contributed by atoms with Crippen LogP contribution in [0.3, 0.4) is 0 Å². The van der Waals surface area contributed by atoms with Crippen molar-refractivity contribution in [3.05, 3.63) is 73.7 Å². The molecular formula is C22H17Cl3F6N2O2. The highest BCUT2D eigenvalue weighted by atomic mass is 35.5. The molecule has 0 bridgehead atoms. The predicted octanol–water partition coefficient (Wildman–Crippen LogP) is 6.89. The van der Waals surface area contributed by atoms with Crippen molar-refractivity contribution >= 4 is 52.7 Å². The number of amides is 2. The number of carbonyl (C=O) groups is 2. The second-order valence-electron chi connectivity index (χ2n) is 7.44. The number of carbonyl (C=O) groups excluding carboxylic acids is 2. The molecule has 0 heterocycles. The van der Waals surface area contributed by atoms with Crippen molar-refractivity contribution in [2.45, 2.75) is 31.1 Å². The molecule has 2 rings (SSSR count). The molecule has 190 valence electrons. The zero-order chi connectivity index (χ0) is 26.7. The number of hydrogen-bond donors (Lipinski definition) is 2. The van der Waals surface area contributed by atoms with Crippen molar-refractivity contribution in [2.24, 2.45) is 5.73 Å². The van der Waals surface area contributed by atoms with E-state index in [4.69, 9.17) is 40.5 Å². The molecule has 0 fully saturated rings. The summed E-state index contributed by atoms with van der Waals surface area (Å²) in [5, 5.41) is 1.24. The van der Waals surface area contributed by atoms with Crippen LogP contribution in [0.1, 0.15) is 45.8 Å². The molecule has 2 aromatic rings. The quantitative estimate of drug-likeness (QED) is 0.286. The number of primary amides is 1. The summed E-state index contributed by atoms with van der Waals surface area (Å²) in [7, 11) is 0. The van der Waals surface area contributed by atoms with Gasteiger partial charge in [-0.25, -0.2) is 0 Å². The van der Waals surface area contributed by atoms with E-state index in [2.05, 4.69) is 0 Å². The molecule has 2 aromatic carbocycles. The van der Waals surface area contributed by atoms with Crippen LogP contribution in [-0.2, 0) is 4.79 Å². The van der Waals surface area contributed by atoms with Crippen LogP contribution in [0, 0.1) is 0 Å². The largest absolute Gasteiger partial charge is 0.405 e. The van der Waals surface area contributed by atoms with Crippen molar-refractivity contribution in [3.8, 4) is 0 Å². The first-order valence-electron chi connectivity index (χ1n) is 9.68. The SMILES string of the molecule is C[C@@H](C(=O)NCC(F)(F)F)c1cc(/C=C/C(c2cc(Cl)c(Cl)c(Cl)c2)C(F)(F)F)ccc1C(N)=O. The van der Waals surface area contributed by atoms with Crippen LogP contribution < -0.4 is 11.1 Å². The van der Waals surface area contributed by atoms with E-state index in [1.54, 1.807) is 5.32 Å². The van der Waals surface area contributed by atoms with Crippen molar-refractivity contribution in [1.82, 2.24) is 5.32 Å². The van der Waals surface area contributed by atoms with Gasteiger partial charge < -0.3 is 11.1 Å². The minimum Gasteiger partial charge on any atom is -0.366 e. The van der Waals surface area contributed by atoms with Gasteiger partial charge in [0.2, 0.25) is 11.8 Å². The third kappa shape index (κ3) is 7.78. The van der Waals surface area contributed by atoms with Crippen LogP contribution in [0.25, 0.3) is 6.08 Å². The number of nitrogens with two attached hydrogens (primary N) is 1. The van der Waals surface area contributed by atoms with Gasteiger partial charge in [-0.3, -0.25) is 9.59 Å². The van der Waals surface area contributed by atoms with Gasteiger partial charge in [-0.05, 0) is 41.8 Å². The number of benzene rings is 2. The fourth-order valence-corrected chi connectivity index (χ4v) is 3.73. The Morgan fingerprint density at radius 2 is 1.60 bits per heavy atom. The van der Waals surface area contributed by atoms with Crippen molar-refractivity contribution in [1.29, 1.82) is 0 Å². The van der Waals surface area contributed by atoms with Crippen molar-refractivity contribution in [3.63, 3.8) is 0 Å². The first-order chi connectivity index (χ1) is 16.0. The van der Waals surface area contributed by atoms with Gasteiger partial charge in [0.15, 0.2) is 0 Å². The number of alkyl halides is 6. The van der Waals surface area contributed by atoms with Gasteiger partial charge in [0, 0.05) is 5.56 Å². The lowest BCUT2D eigenvalue weighted by atomic mass is 9.91. The molecular weight excluding hydrogens is 545 g/mol. The third-order valence-electron chi connectivity index (χ3n) is 4.86. The van der Waals surface area contributed by atoms with Gasteiger partial charge in [0.1, 0.15) is 6.54 Å². The third-order valence-corrected chi connectivity index (χ3v) is 6.06. The Labute approximate surface area is 211 Å². The monoisotopic (exact) mass is 560 g/mol. The van der Waals surface area contributed by atoms with Gasteiger partial charge in [-0.15, -0.1) is 0 Å². The standard InChI is InChI=1S/C22H17Cl3F6N2O2/c1-10(20(35)33-9-21(26,27)28)14-6-11(2-4-13(14)19(32)34)3-5-15(22(29,30)31)12-7-16(23)18(25)17(24)8-12/h2-8,10,15H,9H2,1H3,(H2,32,34)(H,33,35)/b5-3+/t10-,15?/m1/s1. The summed E-state index contributed by atoms with van der Waals surface area (Å²) < 4.78 is 78.6. The molecule has 0 aliphatic carbocycles. The molecule has 0 saturated carbocycles. The van der Waals surface area contributed by atoms with E-state index in [9.17, 15) is 35.9 Å². The minimum atomic E-state index is -4.75. The molecule has 13 heteroatoms. The summed E-state index contributed by atoms with van der Waals surface area (Å²) in [4.78, 5) is 23.9. The summed E-state index contributed by atoms with van der Waals surface area (Å²) in [6.45, 7) is -0.363. The lowest BCUT2D eigenvalue weighted by Gasteiger charge is -2.19. The van der Waals surface area contributed by atoms with E-state index >= 15 is 0 Å². The molecule has 0 radical (unpaired) electrons. The zero-order valence-corrected chi connectivity index (χ0v) is 20.0. The van der Waals surface area contributed by atoms with Gasteiger partial charge in [-0.2, -0.15) is 26.3 Å². The molecule has 1 unspecified atom stereocenters. The maximum Gasteiger partial charge on any atom is 0.405 e. The highest BCUT2D eigenvalue weighted by molar-refractivity contribution is 6.48. The number of hydrogen-bond acceptors (Lipinski definition) is 2. The van der Waals surface area contributed by atoms with Crippen LogP contribution in [0.5, 0.6) is 0 Å². The smallest absolute Gasteiger partial charge is 0.366 e. The topological polar surface area (TPSA) is 72.2 Å². The normalized spacial score (nSPS) is 14.1. The fraction of sp³-hybridized carbons (Fsp3) is 0.273. The van der Waals surface area contributed by atoms with Crippen molar-refractivity contribution < 1.29 is 35.9 Å². The Morgan fingerprint density at radius 1 is 1.03 bits per heavy atom. The Kier molecular flexibility index (Phi) is 9.13. The Balaban J connectivity index is 2.45. The van der Waals surface area contributed by atoms with Crippen LogP contribution in [-0.4, -0.2) is 30.7 Å². The number of halogens is 9. The zero-order valence-electron chi connectivity index (χ0n) is 17.7. The number of allylic oxidation sites excluding steroid dienone is 1. The summed E-state index contributed by atoms with van der Waals surface area (Å²) in [5.74, 6) is -5.43. The maximum absolute atomic E-state index is 13.8. The lowest BCUT2D eigenvalue weighted by molar-refractivity contribution is -0.139. The average molecular weight is 562 g/mol. The predicted molar refractivity (Wildman–Crippen MR) is 122 cm³/mol. The second kappa shape index (κ2) is 11.1. The maximum atomic E-state index is 13.8. The van der Waals surface area contributed by atoms with Crippen LogP contribution >= 0.6 is 34.8 Å². The highest BCUT2D eigenvalue weighted by Gasteiger charge is 2.39. The molecule has 0 aliphatic rings. The first-order valence-corrected chi connectivity index (χ1v) is 10.8. The van der Waals surface area contributed by atoms with Crippen LogP contribution in [0.15, 0.2) is 36.4 Å². The Bertz CT molecular complexity index is 1130. The van der Waals surface area contributed by atoms with Crippen LogP contribution in [0.2, 0.25) is 15.1 Å². The molecule has 4 nitrogen and oxygen atoms in total. The summed E-state index contributed by atoms with van der Waals surface area (Å²) in [5.41, 5.74) is 4.90. The molecule has 0 aromatic heterocycles. The van der Waals surface area contributed by atoms with Gasteiger partial charge in [0.25, 0.3) is 0 Å². The fourth-order valence-electron chi connectivity index (χ4n) is 3.12.